The molecule has 1 unspecified atom stereocenters. The lowest BCUT2D eigenvalue weighted by Crippen LogP contribution is -2.16. The van der Waals surface area contributed by atoms with Gasteiger partial charge in [0.05, 0.1) is 18.6 Å². The summed E-state index contributed by atoms with van der Waals surface area (Å²) < 4.78 is 13.6. The molecule has 0 amide bonds. The topological polar surface area (TPSA) is 87.0 Å². The van der Waals surface area contributed by atoms with Gasteiger partial charge in [-0.3, -0.25) is 0 Å². The Morgan fingerprint density at radius 3 is 3.16 bits per heavy atom. The van der Waals surface area contributed by atoms with Crippen LogP contribution >= 0.6 is 15.9 Å². The molecule has 0 bridgehead atoms. The minimum absolute atomic E-state index is 0.0866. The Morgan fingerprint density at radius 1 is 1.40 bits per heavy atom. The number of hydrogen-bond donors (Lipinski definition) is 1. The van der Waals surface area contributed by atoms with Gasteiger partial charge in [-0.05, 0) is 27.6 Å². The van der Waals surface area contributed by atoms with Gasteiger partial charge in [0.2, 0.25) is 5.88 Å². The Hall–Kier alpha value is -2.26. The highest BCUT2D eigenvalue weighted by atomic mass is 79.9. The monoisotopic (exact) mass is 404 g/mol. The molecule has 0 aliphatic carbocycles. The number of fused-ring (bicyclic) bond motifs is 1. The third-order valence-electron chi connectivity index (χ3n) is 4.01. The van der Waals surface area contributed by atoms with Crippen LogP contribution in [0.2, 0.25) is 0 Å². The quantitative estimate of drug-likeness (QED) is 0.697. The van der Waals surface area contributed by atoms with Crippen molar-refractivity contribution in [1.82, 2.24) is 24.7 Å². The first kappa shape index (κ1) is 16.2. The van der Waals surface area contributed by atoms with Crippen LogP contribution in [0.4, 0.5) is 5.82 Å². The predicted molar refractivity (Wildman–Crippen MR) is 95.4 cm³/mol. The van der Waals surface area contributed by atoms with Crippen molar-refractivity contribution < 1.29 is 9.47 Å². The number of hydrogen-bond acceptors (Lipinski definition) is 7. The van der Waals surface area contributed by atoms with Crippen LogP contribution in [0.15, 0.2) is 29.3 Å². The molecule has 1 aliphatic rings. The van der Waals surface area contributed by atoms with Gasteiger partial charge in [-0.25, -0.2) is 19.6 Å². The van der Waals surface area contributed by atoms with Crippen LogP contribution in [0.25, 0.3) is 11.0 Å². The van der Waals surface area contributed by atoms with Gasteiger partial charge in [0.1, 0.15) is 22.9 Å². The molecule has 1 atom stereocenters. The molecule has 130 valence electrons. The third kappa shape index (κ3) is 3.42. The molecule has 3 aromatic heterocycles. The van der Waals surface area contributed by atoms with Gasteiger partial charge in [-0.15, -0.1) is 0 Å². The van der Waals surface area contributed by atoms with E-state index in [0.29, 0.717) is 23.6 Å². The summed E-state index contributed by atoms with van der Waals surface area (Å²) in [5, 5.41) is 8.52. The van der Waals surface area contributed by atoms with Crippen molar-refractivity contribution in [3.05, 3.63) is 34.8 Å². The summed E-state index contributed by atoms with van der Waals surface area (Å²) >= 11 is 3.46. The zero-order chi connectivity index (χ0) is 17.2. The number of anilines is 1. The molecule has 0 radical (unpaired) electrons. The molecule has 0 aromatic carbocycles. The summed E-state index contributed by atoms with van der Waals surface area (Å²) in [6, 6.07) is 3.88. The zero-order valence-electron chi connectivity index (χ0n) is 13.6. The summed E-state index contributed by atoms with van der Waals surface area (Å²) in [5.74, 6) is 1.35. The average Bonchev–Trinajstić information content (AvgIpc) is 3.22. The number of aromatic nitrogens is 5. The molecule has 3 aromatic rings. The molecule has 8 nitrogen and oxygen atoms in total. The summed E-state index contributed by atoms with van der Waals surface area (Å²) in [7, 11) is 1.85. The Bertz CT molecular complexity index is 893. The van der Waals surface area contributed by atoms with E-state index in [1.54, 1.807) is 10.9 Å². The molecule has 0 saturated carbocycles. The SMILES string of the molecule is Cn1nc(Br)c2c(NCc3ccnc(OC4CCOC4)c3)ncnc21. The maximum atomic E-state index is 5.85. The molecule has 1 N–H and O–H groups in total. The molecule has 9 heteroatoms. The average molecular weight is 405 g/mol. The second-order valence-corrected chi connectivity index (χ2v) is 6.55. The van der Waals surface area contributed by atoms with Gasteiger partial charge in [0.15, 0.2) is 5.65 Å². The lowest BCUT2D eigenvalue weighted by Gasteiger charge is -2.12. The standard InChI is InChI=1S/C16H17BrN6O2/c1-23-16-13(14(17)22-23)15(20-9-21-16)19-7-10-2-4-18-12(6-10)25-11-3-5-24-8-11/h2,4,6,9,11H,3,5,7-8H2,1H3,(H,19,20,21). The smallest absolute Gasteiger partial charge is 0.213 e. The third-order valence-corrected chi connectivity index (χ3v) is 4.57. The van der Waals surface area contributed by atoms with Crippen LogP contribution in [-0.4, -0.2) is 44.1 Å². The molecule has 25 heavy (non-hydrogen) atoms. The van der Waals surface area contributed by atoms with Gasteiger partial charge in [-0.2, -0.15) is 5.10 Å². The minimum atomic E-state index is 0.0866. The Balaban J connectivity index is 1.50. The number of pyridine rings is 1. The zero-order valence-corrected chi connectivity index (χ0v) is 15.2. The Morgan fingerprint density at radius 2 is 2.32 bits per heavy atom. The molecule has 4 rings (SSSR count). The van der Waals surface area contributed by atoms with Crippen molar-refractivity contribution in [2.24, 2.45) is 7.05 Å². The number of nitrogens with zero attached hydrogens (tertiary/aromatic N) is 5. The first-order chi connectivity index (χ1) is 12.2. The van der Waals surface area contributed by atoms with E-state index in [1.807, 2.05) is 19.2 Å². The van der Waals surface area contributed by atoms with E-state index in [-0.39, 0.29) is 6.10 Å². The van der Waals surface area contributed by atoms with Crippen LogP contribution in [-0.2, 0) is 18.3 Å². The lowest BCUT2D eigenvalue weighted by molar-refractivity contribution is 0.138. The largest absolute Gasteiger partial charge is 0.472 e. The molecule has 0 spiro atoms. The Kier molecular flexibility index (Phi) is 4.50. The molecular formula is C16H17BrN6O2. The second-order valence-electron chi connectivity index (χ2n) is 5.79. The molecule has 4 heterocycles. The normalized spacial score (nSPS) is 17.1. The highest BCUT2D eigenvalue weighted by Gasteiger charge is 2.18. The summed E-state index contributed by atoms with van der Waals surface area (Å²) in [4.78, 5) is 12.9. The minimum Gasteiger partial charge on any atom is -0.472 e. The fourth-order valence-corrected chi connectivity index (χ4v) is 3.36. The van der Waals surface area contributed by atoms with E-state index in [1.165, 1.54) is 6.33 Å². The summed E-state index contributed by atoms with van der Waals surface area (Å²) in [6.07, 6.45) is 4.26. The van der Waals surface area contributed by atoms with Crippen LogP contribution in [0.5, 0.6) is 5.88 Å². The van der Waals surface area contributed by atoms with E-state index in [0.717, 1.165) is 35.4 Å². The van der Waals surface area contributed by atoms with Gasteiger partial charge in [0, 0.05) is 32.3 Å². The van der Waals surface area contributed by atoms with Crippen molar-refractivity contribution >= 4 is 32.8 Å². The van der Waals surface area contributed by atoms with Crippen LogP contribution < -0.4 is 10.1 Å². The summed E-state index contributed by atoms with van der Waals surface area (Å²) in [5.41, 5.74) is 1.82. The fourth-order valence-electron chi connectivity index (χ4n) is 2.76. The highest BCUT2D eigenvalue weighted by Crippen LogP contribution is 2.27. The van der Waals surface area contributed by atoms with Crippen LogP contribution in [0, 0.1) is 0 Å². The molecule has 1 saturated heterocycles. The van der Waals surface area contributed by atoms with E-state index in [4.69, 9.17) is 9.47 Å². The van der Waals surface area contributed by atoms with Crippen molar-refractivity contribution in [2.75, 3.05) is 18.5 Å². The Labute approximate surface area is 152 Å². The number of nitrogens with one attached hydrogen (secondary N) is 1. The van der Waals surface area contributed by atoms with Crippen LogP contribution in [0.1, 0.15) is 12.0 Å². The van der Waals surface area contributed by atoms with E-state index in [9.17, 15) is 0 Å². The number of ether oxygens (including phenoxy) is 2. The van der Waals surface area contributed by atoms with Gasteiger partial charge in [-0.1, -0.05) is 0 Å². The maximum Gasteiger partial charge on any atom is 0.213 e. The second kappa shape index (κ2) is 6.93. The van der Waals surface area contributed by atoms with Crippen molar-refractivity contribution in [2.45, 2.75) is 19.1 Å². The number of rotatable bonds is 5. The molecule has 1 aliphatic heterocycles. The van der Waals surface area contributed by atoms with Crippen molar-refractivity contribution in [3.63, 3.8) is 0 Å². The number of aryl methyl sites for hydroxylation is 1. The highest BCUT2D eigenvalue weighted by molar-refractivity contribution is 9.10. The van der Waals surface area contributed by atoms with Crippen molar-refractivity contribution in [1.29, 1.82) is 0 Å². The number of halogens is 1. The first-order valence-corrected chi connectivity index (χ1v) is 8.76. The fraction of sp³-hybridized carbons (Fsp3) is 0.375. The van der Waals surface area contributed by atoms with E-state index >= 15 is 0 Å². The van der Waals surface area contributed by atoms with Gasteiger partial charge >= 0.3 is 0 Å². The van der Waals surface area contributed by atoms with E-state index in [2.05, 4.69) is 41.3 Å². The summed E-state index contributed by atoms with van der Waals surface area (Å²) in [6.45, 7) is 1.96. The van der Waals surface area contributed by atoms with Crippen molar-refractivity contribution in [3.8, 4) is 5.88 Å². The maximum absolute atomic E-state index is 5.85. The predicted octanol–water partition coefficient (Wildman–Crippen LogP) is 2.30. The molecule has 1 fully saturated rings. The van der Waals surface area contributed by atoms with Gasteiger partial charge in [0.25, 0.3) is 0 Å². The lowest BCUT2D eigenvalue weighted by atomic mass is 10.2. The first-order valence-electron chi connectivity index (χ1n) is 7.97. The van der Waals surface area contributed by atoms with E-state index < -0.39 is 0 Å². The molecular weight excluding hydrogens is 388 g/mol. The van der Waals surface area contributed by atoms with Crippen LogP contribution in [0.3, 0.4) is 0 Å². The van der Waals surface area contributed by atoms with Gasteiger partial charge < -0.3 is 14.8 Å².